The van der Waals surface area contributed by atoms with Gasteiger partial charge in [0.15, 0.2) is 0 Å². The van der Waals surface area contributed by atoms with E-state index in [2.05, 4.69) is 25.1 Å². The lowest BCUT2D eigenvalue weighted by Gasteiger charge is -2.29. The van der Waals surface area contributed by atoms with E-state index in [0.717, 1.165) is 30.1 Å². The number of unbranched alkanes of at least 4 members (excludes halogenated alkanes) is 4. The largest absolute Gasteiger partial charge is 0.193 e. The van der Waals surface area contributed by atoms with Gasteiger partial charge in [-0.05, 0) is 87.9 Å². The molecule has 1 nitrogen and oxygen atoms in total. The monoisotopic (exact) mass is 369 g/mol. The maximum absolute atomic E-state index is 8.54. The maximum Gasteiger partial charge on any atom is 0.0908 e. The molecule has 0 saturated heterocycles. The minimum Gasteiger partial charge on any atom is -0.193 e. The van der Waals surface area contributed by atoms with Crippen LogP contribution in [0.25, 0.3) is 0 Å². The molecule has 2 fully saturated rings. The van der Waals surface area contributed by atoms with E-state index < -0.39 is 0 Å². The van der Waals surface area contributed by atoms with Crippen LogP contribution in [0.15, 0.2) is 24.3 Å². The van der Waals surface area contributed by atoms with Gasteiger partial charge in [0.05, 0.1) is 6.07 Å². The van der Waals surface area contributed by atoms with Crippen molar-refractivity contribution in [3.8, 4) is 6.07 Å². The summed E-state index contributed by atoms with van der Waals surface area (Å²) in [6.45, 7) is 2.30. The van der Waals surface area contributed by atoms with Crippen LogP contribution in [0.1, 0.15) is 110 Å². The molecule has 0 unspecified atom stereocenters. The van der Waals surface area contributed by atoms with Crippen LogP contribution in [0.2, 0.25) is 0 Å². The summed E-state index contributed by atoms with van der Waals surface area (Å²) in [5, 5.41) is 8.54. The second-order valence-electron chi connectivity index (χ2n) is 9.26. The summed E-state index contributed by atoms with van der Waals surface area (Å²) in [7, 11) is 0. The normalized spacial score (nSPS) is 29.3. The number of nitriles is 1. The number of rotatable bonds is 11. The Bertz CT molecular complexity index is 453. The van der Waals surface area contributed by atoms with E-state index in [1.807, 2.05) is 6.08 Å². The number of nitrogens with zero attached hydrogens (tertiary/aromatic N) is 1. The van der Waals surface area contributed by atoms with Crippen molar-refractivity contribution >= 4 is 0 Å². The average molecular weight is 370 g/mol. The van der Waals surface area contributed by atoms with Gasteiger partial charge in [-0.3, -0.25) is 0 Å². The summed E-state index contributed by atoms with van der Waals surface area (Å²) in [5.74, 6) is 3.63. The highest BCUT2D eigenvalue weighted by atomic mass is 14.3. The molecule has 0 aromatic carbocycles. The minimum atomic E-state index is 0.840. The van der Waals surface area contributed by atoms with E-state index in [1.54, 1.807) is 6.08 Å². The van der Waals surface area contributed by atoms with Gasteiger partial charge in [-0.2, -0.15) is 5.26 Å². The molecule has 0 spiro atoms. The van der Waals surface area contributed by atoms with Crippen LogP contribution in [0, 0.1) is 35.0 Å². The van der Waals surface area contributed by atoms with Crippen LogP contribution in [0.4, 0.5) is 0 Å². The molecule has 0 aromatic heterocycles. The topological polar surface area (TPSA) is 23.8 Å². The van der Waals surface area contributed by atoms with Crippen molar-refractivity contribution in [1.82, 2.24) is 0 Å². The van der Waals surface area contributed by atoms with Gasteiger partial charge in [-0.15, -0.1) is 0 Å². The van der Waals surface area contributed by atoms with Crippen LogP contribution < -0.4 is 0 Å². The van der Waals surface area contributed by atoms with Gasteiger partial charge in [0.25, 0.3) is 0 Å². The standard InChI is InChI=1S/C26H43N/c1-2-3-4-5-7-10-23-12-16-25(17-13-23)20-21-26-18-14-24(15-19-26)11-8-6-9-22-27/h6,9,20-21,23-26H,2-5,7-8,10-19H2,1H3/b9-6?,21-20+/t23-,24?,25-,26?. The predicted molar refractivity (Wildman–Crippen MR) is 117 cm³/mol. The highest BCUT2D eigenvalue weighted by Crippen LogP contribution is 2.35. The fourth-order valence-electron chi connectivity index (χ4n) is 5.16. The molecule has 0 amide bonds. The molecular formula is C26H43N. The van der Waals surface area contributed by atoms with E-state index >= 15 is 0 Å². The first-order valence-electron chi connectivity index (χ1n) is 12.0. The van der Waals surface area contributed by atoms with E-state index in [0.29, 0.717) is 0 Å². The Morgan fingerprint density at radius 1 is 0.741 bits per heavy atom. The summed E-state index contributed by atoms with van der Waals surface area (Å²) < 4.78 is 0. The highest BCUT2D eigenvalue weighted by molar-refractivity contribution is 5.01. The zero-order valence-corrected chi connectivity index (χ0v) is 17.9. The van der Waals surface area contributed by atoms with Crippen molar-refractivity contribution in [1.29, 1.82) is 5.26 Å². The van der Waals surface area contributed by atoms with Crippen LogP contribution in [-0.2, 0) is 0 Å². The molecular weight excluding hydrogens is 326 g/mol. The van der Waals surface area contributed by atoms with Crippen molar-refractivity contribution in [2.45, 2.75) is 110 Å². The molecule has 2 saturated carbocycles. The molecule has 0 bridgehead atoms. The Morgan fingerprint density at radius 2 is 1.30 bits per heavy atom. The Kier molecular flexibility index (Phi) is 11.6. The van der Waals surface area contributed by atoms with Gasteiger partial charge in [0.2, 0.25) is 0 Å². The minimum absolute atomic E-state index is 0.840. The second kappa shape index (κ2) is 14.0. The highest BCUT2D eigenvalue weighted by Gasteiger charge is 2.21. The molecule has 0 N–H and O–H groups in total. The third-order valence-corrected chi connectivity index (χ3v) is 7.09. The SMILES string of the molecule is CCCCCCC[C@H]1CC[C@H](/C=C/C2CCC(CCC=CC#N)CC2)CC1. The molecule has 2 aliphatic rings. The van der Waals surface area contributed by atoms with Crippen LogP contribution in [0.5, 0.6) is 0 Å². The van der Waals surface area contributed by atoms with E-state index in [1.165, 1.54) is 96.3 Å². The van der Waals surface area contributed by atoms with E-state index in [4.69, 9.17) is 5.26 Å². The second-order valence-corrected chi connectivity index (χ2v) is 9.26. The summed E-state index contributed by atoms with van der Waals surface area (Å²) in [4.78, 5) is 0. The van der Waals surface area contributed by atoms with Crippen molar-refractivity contribution in [2.75, 3.05) is 0 Å². The molecule has 1 heteroatoms. The molecule has 0 aliphatic heterocycles. The lowest BCUT2D eigenvalue weighted by atomic mass is 9.77. The van der Waals surface area contributed by atoms with E-state index in [9.17, 15) is 0 Å². The van der Waals surface area contributed by atoms with E-state index in [-0.39, 0.29) is 0 Å². The molecule has 0 heterocycles. The van der Waals surface area contributed by atoms with Gasteiger partial charge >= 0.3 is 0 Å². The third-order valence-electron chi connectivity index (χ3n) is 7.09. The fraction of sp³-hybridized carbons (Fsp3) is 0.808. The van der Waals surface area contributed by atoms with Crippen molar-refractivity contribution < 1.29 is 0 Å². The Balaban J connectivity index is 1.53. The first-order chi connectivity index (χ1) is 13.3. The van der Waals surface area contributed by atoms with Crippen molar-refractivity contribution in [3.63, 3.8) is 0 Å². The molecule has 0 radical (unpaired) electrons. The summed E-state index contributed by atoms with van der Waals surface area (Å²) in [6.07, 6.45) is 31.3. The van der Waals surface area contributed by atoms with Crippen molar-refractivity contribution in [3.05, 3.63) is 24.3 Å². The summed E-state index contributed by atoms with van der Waals surface area (Å²) in [5.41, 5.74) is 0. The molecule has 2 aliphatic carbocycles. The van der Waals surface area contributed by atoms with Gasteiger partial charge < -0.3 is 0 Å². The van der Waals surface area contributed by atoms with Crippen LogP contribution in [-0.4, -0.2) is 0 Å². The Hall–Kier alpha value is -1.03. The third kappa shape index (κ3) is 9.64. The first-order valence-corrected chi connectivity index (χ1v) is 12.0. The Morgan fingerprint density at radius 3 is 1.85 bits per heavy atom. The zero-order valence-electron chi connectivity index (χ0n) is 17.9. The number of hydrogen-bond donors (Lipinski definition) is 0. The van der Waals surface area contributed by atoms with Gasteiger partial charge in [0, 0.05) is 6.08 Å². The molecule has 2 rings (SSSR count). The summed E-state index contributed by atoms with van der Waals surface area (Å²) in [6, 6.07) is 2.09. The smallest absolute Gasteiger partial charge is 0.0908 e. The van der Waals surface area contributed by atoms with Crippen LogP contribution >= 0.6 is 0 Å². The average Bonchev–Trinajstić information content (AvgIpc) is 2.71. The lowest BCUT2D eigenvalue weighted by Crippen LogP contribution is -2.15. The van der Waals surface area contributed by atoms with Gasteiger partial charge in [-0.1, -0.05) is 63.7 Å². The quantitative estimate of drug-likeness (QED) is 0.204. The van der Waals surface area contributed by atoms with Gasteiger partial charge in [-0.25, -0.2) is 0 Å². The molecule has 0 aromatic rings. The maximum atomic E-state index is 8.54. The molecule has 27 heavy (non-hydrogen) atoms. The molecule has 152 valence electrons. The van der Waals surface area contributed by atoms with Crippen LogP contribution in [0.3, 0.4) is 0 Å². The zero-order chi connectivity index (χ0) is 19.2. The lowest BCUT2D eigenvalue weighted by molar-refractivity contribution is 0.282. The Labute approximate surface area is 169 Å². The number of hydrogen-bond acceptors (Lipinski definition) is 1. The molecule has 0 atom stereocenters. The van der Waals surface area contributed by atoms with Crippen molar-refractivity contribution in [2.24, 2.45) is 23.7 Å². The van der Waals surface area contributed by atoms with Gasteiger partial charge in [0.1, 0.15) is 0 Å². The number of allylic oxidation sites excluding steroid dienone is 4. The first kappa shape index (κ1) is 22.3. The fourth-order valence-corrected chi connectivity index (χ4v) is 5.16. The summed E-state index contributed by atoms with van der Waals surface area (Å²) >= 11 is 0. The predicted octanol–water partition coefficient (Wildman–Crippen LogP) is 8.38.